The fourth-order valence-corrected chi connectivity index (χ4v) is 2.65. The molecule has 1 aromatic carbocycles. The Bertz CT molecular complexity index is 504. The van der Waals surface area contributed by atoms with Gasteiger partial charge in [0.15, 0.2) is 9.84 Å². The van der Waals surface area contributed by atoms with Crippen molar-refractivity contribution >= 4 is 21.2 Å². The Labute approximate surface area is 110 Å². The number of sulfone groups is 1. The second kappa shape index (κ2) is 5.18. The van der Waals surface area contributed by atoms with Gasteiger partial charge in [-0.15, -0.1) is 0 Å². The van der Waals surface area contributed by atoms with Gasteiger partial charge in [0, 0.05) is 13.6 Å². The zero-order chi connectivity index (χ0) is 14.0. The summed E-state index contributed by atoms with van der Waals surface area (Å²) < 4.78 is 23.3. The molecule has 0 fully saturated rings. The molecule has 102 valence electrons. The Morgan fingerprint density at radius 2 is 1.78 bits per heavy atom. The molecule has 0 amide bonds. The summed E-state index contributed by atoms with van der Waals surface area (Å²) in [6.07, 6.45) is 0. The molecule has 18 heavy (non-hydrogen) atoms. The summed E-state index contributed by atoms with van der Waals surface area (Å²) in [6.45, 7) is 5.60. The number of benzene rings is 1. The second-order valence-electron chi connectivity index (χ2n) is 5.41. The summed E-state index contributed by atoms with van der Waals surface area (Å²) >= 11 is 0. The molecular formula is C13H22N2O2S. The Hall–Kier alpha value is -1.23. The number of hydrogen-bond donors (Lipinski definition) is 1. The molecule has 5 heteroatoms. The third-order valence-corrected chi connectivity index (χ3v) is 5.56. The van der Waals surface area contributed by atoms with E-state index in [4.69, 9.17) is 5.73 Å². The Kier molecular flexibility index (Phi) is 4.27. The van der Waals surface area contributed by atoms with Gasteiger partial charge in [-0.1, -0.05) is 12.1 Å². The lowest BCUT2D eigenvalue weighted by Gasteiger charge is -2.24. The molecule has 4 nitrogen and oxygen atoms in total. The van der Waals surface area contributed by atoms with Crippen LogP contribution in [0.4, 0.5) is 11.4 Å². The largest absolute Gasteiger partial charge is 0.397 e. The summed E-state index contributed by atoms with van der Waals surface area (Å²) in [6, 6.07) is 7.45. The van der Waals surface area contributed by atoms with Crippen LogP contribution in [-0.2, 0) is 9.84 Å². The number of para-hydroxylation sites is 2. The van der Waals surface area contributed by atoms with E-state index in [9.17, 15) is 8.42 Å². The summed E-state index contributed by atoms with van der Waals surface area (Å²) in [5.74, 6) is 0.126. The monoisotopic (exact) mass is 270 g/mol. The van der Waals surface area contributed by atoms with Gasteiger partial charge in [-0.3, -0.25) is 0 Å². The van der Waals surface area contributed by atoms with Gasteiger partial charge in [-0.2, -0.15) is 0 Å². The topological polar surface area (TPSA) is 63.4 Å². The van der Waals surface area contributed by atoms with Crippen molar-refractivity contribution in [1.29, 1.82) is 0 Å². The number of nitrogen functional groups attached to an aromatic ring is 1. The summed E-state index contributed by atoms with van der Waals surface area (Å²) in [5, 5.41) is 0. The van der Waals surface area contributed by atoms with Gasteiger partial charge in [0.1, 0.15) is 0 Å². The molecule has 0 saturated heterocycles. The van der Waals surface area contributed by atoms with Gasteiger partial charge in [0.25, 0.3) is 0 Å². The van der Waals surface area contributed by atoms with Crippen LogP contribution in [0.2, 0.25) is 0 Å². The molecule has 0 heterocycles. The molecule has 2 N–H and O–H groups in total. The van der Waals surface area contributed by atoms with E-state index in [1.807, 2.05) is 36.2 Å². The lowest BCUT2D eigenvalue weighted by Crippen LogP contribution is -2.35. The van der Waals surface area contributed by atoms with E-state index >= 15 is 0 Å². The number of hydrogen-bond acceptors (Lipinski definition) is 4. The van der Waals surface area contributed by atoms with Crippen LogP contribution >= 0.6 is 0 Å². The quantitative estimate of drug-likeness (QED) is 0.849. The minimum absolute atomic E-state index is 0.126. The number of nitrogens with two attached hydrogens (primary N) is 1. The van der Waals surface area contributed by atoms with Crippen LogP contribution in [-0.4, -0.2) is 32.5 Å². The van der Waals surface area contributed by atoms with Crippen molar-refractivity contribution in [1.82, 2.24) is 0 Å². The normalized spacial score (nSPS) is 12.4. The van der Waals surface area contributed by atoms with E-state index in [0.29, 0.717) is 12.2 Å². The van der Waals surface area contributed by atoms with Crippen molar-refractivity contribution < 1.29 is 8.42 Å². The maximum absolute atomic E-state index is 12.0. The molecule has 0 unspecified atom stereocenters. The van der Waals surface area contributed by atoms with Crippen molar-refractivity contribution in [2.24, 2.45) is 0 Å². The minimum Gasteiger partial charge on any atom is -0.397 e. The first-order chi connectivity index (χ1) is 8.15. The molecule has 0 aliphatic rings. The SMILES string of the molecule is CN(CCS(=O)(=O)C(C)(C)C)c1ccccc1N. The van der Waals surface area contributed by atoms with Crippen molar-refractivity contribution in [2.75, 3.05) is 30.0 Å². The van der Waals surface area contributed by atoms with Crippen molar-refractivity contribution in [3.63, 3.8) is 0 Å². The fraction of sp³-hybridized carbons (Fsp3) is 0.538. The third-order valence-electron chi connectivity index (χ3n) is 2.98. The van der Waals surface area contributed by atoms with Crippen LogP contribution < -0.4 is 10.6 Å². The van der Waals surface area contributed by atoms with E-state index in [1.54, 1.807) is 20.8 Å². The average molecular weight is 270 g/mol. The van der Waals surface area contributed by atoms with E-state index in [-0.39, 0.29) is 5.75 Å². The fourth-order valence-electron chi connectivity index (χ4n) is 1.52. The predicted octanol–water partition coefficient (Wildman–Crippen LogP) is 1.92. The van der Waals surface area contributed by atoms with E-state index in [0.717, 1.165) is 5.69 Å². The summed E-state index contributed by atoms with van der Waals surface area (Å²) in [7, 11) is -1.25. The lowest BCUT2D eigenvalue weighted by atomic mass is 10.2. The molecule has 1 aromatic rings. The maximum atomic E-state index is 12.0. The highest BCUT2D eigenvalue weighted by Crippen LogP contribution is 2.22. The molecule has 0 aliphatic carbocycles. The molecule has 0 saturated carbocycles. The van der Waals surface area contributed by atoms with Gasteiger partial charge in [0.05, 0.1) is 21.9 Å². The zero-order valence-electron chi connectivity index (χ0n) is 11.5. The Morgan fingerprint density at radius 1 is 1.22 bits per heavy atom. The van der Waals surface area contributed by atoms with Crippen LogP contribution in [0.1, 0.15) is 20.8 Å². The average Bonchev–Trinajstić information content (AvgIpc) is 2.25. The molecule has 0 aromatic heterocycles. The van der Waals surface area contributed by atoms with E-state index in [2.05, 4.69) is 0 Å². The predicted molar refractivity (Wildman–Crippen MR) is 77.7 cm³/mol. The first-order valence-electron chi connectivity index (χ1n) is 5.93. The van der Waals surface area contributed by atoms with Crippen molar-refractivity contribution in [3.8, 4) is 0 Å². The first-order valence-corrected chi connectivity index (χ1v) is 7.58. The van der Waals surface area contributed by atoms with E-state index < -0.39 is 14.6 Å². The summed E-state index contributed by atoms with van der Waals surface area (Å²) in [5.41, 5.74) is 7.38. The van der Waals surface area contributed by atoms with Gasteiger partial charge < -0.3 is 10.6 Å². The molecule has 0 radical (unpaired) electrons. The van der Waals surface area contributed by atoms with Crippen LogP contribution in [0.3, 0.4) is 0 Å². The smallest absolute Gasteiger partial charge is 0.156 e. The highest BCUT2D eigenvalue weighted by Gasteiger charge is 2.28. The highest BCUT2D eigenvalue weighted by molar-refractivity contribution is 7.92. The van der Waals surface area contributed by atoms with Crippen LogP contribution in [0.15, 0.2) is 24.3 Å². The zero-order valence-corrected chi connectivity index (χ0v) is 12.3. The van der Waals surface area contributed by atoms with Gasteiger partial charge in [-0.05, 0) is 32.9 Å². The molecule has 0 atom stereocenters. The maximum Gasteiger partial charge on any atom is 0.156 e. The lowest BCUT2D eigenvalue weighted by molar-refractivity contribution is 0.559. The number of rotatable bonds is 4. The molecule has 0 spiro atoms. The van der Waals surface area contributed by atoms with Crippen LogP contribution in [0.25, 0.3) is 0 Å². The van der Waals surface area contributed by atoms with Gasteiger partial charge in [-0.25, -0.2) is 8.42 Å². The highest BCUT2D eigenvalue weighted by atomic mass is 32.2. The number of anilines is 2. The van der Waals surface area contributed by atoms with Crippen molar-refractivity contribution in [3.05, 3.63) is 24.3 Å². The molecule has 0 aliphatic heterocycles. The van der Waals surface area contributed by atoms with Crippen molar-refractivity contribution in [2.45, 2.75) is 25.5 Å². The summed E-state index contributed by atoms with van der Waals surface area (Å²) in [4.78, 5) is 1.87. The Balaban J connectivity index is 2.74. The van der Waals surface area contributed by atoms with Crippen LogP contribution in [0, 0.1) is 0 Å². The standard InChI is InChI=1S/C13H22N2O2S/c1-13(2,3)18(16,17)10-9-15(4)12-8-6-5-7-11(12)14/h5-8H,9-10,14H2,1-4H3. The molecule has 1 rings (SSSR count). The second-order valence-corrected chi connectivity index (χ2v) is 8.27. The minimum atomic E-state index is -3.10. The van der Waals surface area contributed by atoms with Crippen LogP contribution in [0.5, 0.6) is 0 Å². The van der Waals surface area contributed by atoms with E-state index in [1.165, 1.54) is 0 Å². The van der Waals surface area contributed by atoms with Gasteiger partial charge in [0.2, 0.25) is 0 Å². The Morgan fingerprint density at radius 3 is 2.28 bits per heavy atom. The number of nitrogens with zero attached hydrogens (tertiary/aromatic N) is 1. The van der Waals surface area contributed by atoms with Gasteiger partial charge >= 0.3 is 0 Å². The first kappa shape index (κ1) is 14.8. The third kappa shape index (κ3) is 3.38. The molecular weight excluding hydrogens is 248 g/mol. The molecule has 0 bridgehead atoms.